The fourth-order valence-electron chi connectivity index (χ4n) is 4.30. The zero-order chi connectivity index (χ0) is 32.3. The molecule has 45 heavy (non-hydrogen) atoms. The van der Waals surface area contributed by atoms with Gasteiger partial charge in [-0.2, -0.15) is 0 Å². The Kier molecular flexibility index (Phi) is 11.2. The first kappa shape index (κ1) is 32.7. The van der Waals surface area contributed by atoms with E-state index >= 15 is 0 Å². The Morgan fingerprint density at radius 1 is 1.00 bits per heavy atom. The molecule has 0 radical (unpaired) electrons. The monoisotopic (exact) mass is 638 g/mol. The van der Waals surface area contributed by atoms with Crippen molar-refractivity contribution < 1.29 is 23.8 Å². The minimum absolute atomic E-state index is 0.0702. The maximum atomic E-state index is 12.3. The van der Waals surface area contributed by atoms with Crippen LogP contribution < -0.4 is 37.7 Å². The maximum Gasteiger partial charge on any atom is 0.422 e. The minimum Gasteiger partial charge on any atom is -0.497 e. The number of unbranched alkanes of at least 4 members (excludes halogenated alkanes) is 1. The number of carbonyl (C=O) groups is 1. The van der Waals surface area contributed by atoms with Gasteiger partial charge in [-0.25, -0.2) is 19.3 Å². The number of hydrogen-bond acceptors (Lipinski definition) is 11. The Balaban J connectivity index is 1.14. The van der Waals surface area contributed by atoms with Gasteiger partial charge in [-0.3, -0.25) is 15.1 Å². The lowest BCUT2D eigenvalue weighted by atomic mass is 10.1. The third-order valence-corrected chi connectivity index (χ3v) is 6.97. The lowest BCUT2D eigenvalue weighted by Crippen LogP contribution is -2.38. The number of carbonyl (C=O) groups excluding carboxylic acids is 1. The number of anilines is 2. The van der Waals surface area contributed by atoms with Crippen LogP contribution in [0.2, 0.25) is 5.15 Å². The molecule has 238 valence electrons. The smallest absolute Gasteiger partial charge is 0.422 e. The first-order valence-electron chi connectivity index (χ1n) is 14.1. The lowest BCUT2D eigenvalue weighted by Gasteiger charge is -2.08. The van der Waals surface area contributed by atoms with Crippen molar-refractivity contribution in [2.75, 3.05) is 31.7 Å². The molecule has 4 aromatic rings. The third kappa shape index (κ3) is 9.13. The summed E-state index contributed by atoms with van der Waals surface area (Å²) in [7, 11) is 1.58. The number of methoxy groups -OCH3 is 1. The van der Waals surface area contributed by atoms with Crippen molar-refractivity contribution in [3.8, 4) is 17.4 Å². The predicted molar refractivity (Wildman–Crippen MR) is 170 cm³/mol. The molecule has 0 bridgehead atoms. The predicted octanol–water partition coefficient (Wildman–Crippen LogP) is 2.89. The summed E-state index contributed by atoms with van der Waals surface area (Å²) in [4.78, 5) is 36.3. The first-order valence-corrected chi connectivity index (χ1v) is 14.5. The fraction of sp³-hybridized carbons (Fsp3) is 0.300. The summed E-state index contributed by atoms with van der Waals surface area (Å²) in [5.74, 6) is -0.143. The lowest BCUT2D eigenvalue weighted by molar-refractivity contribution is 0.0972. The van der Waals surface area contributed by atoms with Crippen LogP contribution in [0.5, 0.6) is 17.4 Å². The van der Waals surface area contributed by atoms with Crippen LogP contribution in [0.15, 0.2) is 62.7 Å². The number of halogens is 1. The Bertz CT molecular complexity index is 1690. The van der Waals surface area contributed by atoms with Crippen LogP contribution >= 0.6 is 11.6 Å². The number of hydrogen-bond donors (Lipinski definition) is 5. The highest BCUT2D eigenvalue weighted by molar-refractivity contribution is 6.31. The van der Waals surface area contributed by atoms with E-state index in [2.05, 4.69) is 20.3 Å². The number of nitrogen functional groups attached to an aromatic ring is 2. The topological polar surface area (TPSA) is 219 Å². The van der Waals surface area contributed by atoms with E-state index in [0.29, 0.717) is 37.5 Å². The van der Waals surface area contributed by atoms with Crippen LogP contribution in [0.1, 0.15) is 46.6 Å². The van der Waals surface area contributed by atoms with Crippen molar-refractivity contribution in [1.29, 1.82) is 0 Å². The third-order valence-electron chi connectivity index (χ3n) is 6.69. The molecule has 4 rings (SSSR count). The molecule has 2 aromatic carbocycles. The summed E-state index contributed by atoms with van der Waals surface area (Å²) >= 11 is 5.80. The van der Waals surface area contributed by atoms with E-state index < -0.39 is 11.7 Å². The summed E-state index contributed by atoms with van der Waals surface area (Å²) in [5, 5.41) is 12.8. The highest BCUT2D eigenvalue weighted by Crippen LogP contribution is 2.21. The number of oxazole rings is 1. The van der Waals surface area contributed by atoms with E-state index in [-0.39, 0.29) is 46.6 Å². The summed E-state index contributed by atoms with van der Waals surface area (Å²) < 4.78 is 17.4. The number of ether oxygens (including phenoxy) is 2. The molecule has 0 fully saturated rings. The summed E-state index contributed by atoms with van der Waals surface area (Å²) in [6.45, 7) is 0.984. The Morgan fingerprint density at radius 3 is 2.40 bits per heavy atom. The summed E-state index contributed by atoms with van der Waals surface area (Å²) in [6.07, 6.45) is 3.32. The molecule has 2 heterocycles. The molecular weight excluding hydrogens is 604 g/mol. The molecule has 0 unspecified atom stereocenters. The SMILES string of the molecule is COc1ccc(Cn2c(O)c(CCCOc3ccc(CCCCN=C(N)NC(=O)c4nc(Cl)c(N)nc4N)cc3)oc2=O)cc1. The Morgan fingerprint density at radius 2 is 1.69 bits per heavy atom. The summed E-state index contributed by atoms with van der Waals surface area (Å²) in [6, 6.07) is 15.0. The van der Waals surface area contributed by atoms with Gasteiger partial charge in [0.2, 0.25) is 5.88 Å². The molecule has 0 aliphatic heterocycles. The molecule has 2 aromatic heterocycles. The zero-order valence-corrected chi connectivity index (χ0v) is 25.4. The van der Waals surface area contributed by atoms with Gasteiger partial charge in [-0.1, -0.05) is 35.9 Å². The second-order valence-electron chi connectivity index (χ2n) is 9.96. The molecule has 0 spiro atoms. The molecule has 0 saturated heterocycles. The molecule has 1 amide bonds. The molecule has 0 aliphatic carbocycles. The van der Waals surface area contributed by atoms with Crippen molar-refractivity contribution in [3.05, 3.63) is 86.8 Å². The van der Waals surface area contributed by atoms with Crippen LogP contribution in [-0.2, 0) is 19.4 Å². The Labute approximate surface area is 263 Å². The molecule has 15 heteroatoms. The van der Waals surface area contributed by atoms with Crippen LogP contribution in [0.4, 0.5) is 11.6 Å². The maximum absolute atomic E-state index is 12.3. The molecule has 8 N–H and O–H groups in total. The zero-order valence-electron chi connectivity index (χ0n) is 24.7. The molecule has 14 nitrogen and oxygen atoms in total. The highest BCUT2D eigenvalue weighted by Gasteiger charge is 2.17. The van der Waals surface area contributed by atoms with E-state index in [1.54, 1.807) is 19.2 Å². The van der Waals surface area contributed by atoms with Gasteiger partial charge in [0.1, 0.15) is 11.5 Å². The average Bonchev–Trinajstić information content (AvgIpc) is 3.29. The van der Waals surface area contributed by atoms with Crippen molar-refractivity contribution >= 4 is 35.1 Å². The number of aromatic nitrogens is 3. The number of rotatable bonds is 14. The largest absolute Gasteiger partial charge is 0.497 e. The van der Waals surface area contributed by atoms with Gasteiger partial charge in [0, 0.05) is 13.0 Å². The van der Waals surface area contributed by atoms with Gasteiger partial charge in [0.15, 0.2) is 34.2 Å². The van der Waals surface area contributed by atoms with Gasteiger partial charge < -0.3 is 36.2 Å². The first-order chi connectivity index (χ1) is 21.6. The average molecular weight is 639 g/mol. The second kappa shape index (κ2) is 15.5. The van der Waals surface area contributed by atoms with Crippen LogP contribution in [0, 0.1) is 0 Å². The standard InChI is InChI=1S/C30H35ClN8O6/c1-43-20-11-9-19(10-12-20)17-39-28(41)22(45-30(39)42)6-4-16-44-21-13-7-18(8-14-21)5-2-3-15-35-29(34)38-27(40)23-25(32)37-26(33)24(31)36-23/h7-14,41H,2-6,15-17H2,1H3,(H4,32,33,37)(H3,34,35,38,40). The number of amides is 1. The van der Waals surface area contributed by atoms with Gasteiger partial charge in [0.05, 0.1) is 20.3 Å². The molecule has 0 atom stereocenters. The van der Waals surface area contributed by atoms with Gasteiger partial charge >= 0.3 is 5.76 Å². The second-order valence-corrected chi connectivity index (χ2v) is 10.3. The van der Waals surface area contributed by atoms with E-state index in [4.69, 9.17) is 42.7 Å². The van der Waals surface area contributed by atoms with E-state index in [1.807, 2.05) is 36.4 Å². The van der Waals surface area contributed by atoms with Crippen molar-refractivity contribution in [3.63, 3.8) is 0 Å². The highest BCUT2D eigenvalue weighted by atomic mass is 35.5. The number of benzene rings is 2. The normalized spacial score (nSPS) is 11.4. The molecular formula is C30H35ClN8O6. The van der Waals surface area contributed by atoms with Gasteiger partial charge in [-0.15, -0.1) is 0 Å². The number of aliphatic imine (C=N–C) groups is 1. The number of aryl methyl sites for hydroxylation is 2. The number of aromatic hydroxyl groups is 1. The molecule has 0 saturated carbocycles. The number of nitrogens with zero attached hydrogens (tertiary/aromatic N) is 4. The fourth-order valence-corrected chi connectivity index (χ4v) is 4.42. The van der Waals surface area contributed by atoms with Crippen LogP contribution in [0.25, 0.3) is 0 Å². The van der Waals surface area contributed by atoms with Crippen molar-refractivity contribution in [1.82, 2.24) is 19.9 Å². The van der Waals surface area contributed by atoms with Gasteiger partial charge in [0.25, 0.3) is 5.91 Å². The van der Waals surface area contributed by atoms with Gasteiger partial charge in [-0.05, 0) is 61.1 Å². The van der Waals surface area contributed by atoms with E-state index in [9.17, 15) is 14.7 Å². The van der Waals surface area contributed by atoms with Crippen molar-refractivity contribution in [2.45, 2.75) is 38.6 Å². The Hall–Kier alpha value is -5.24. The van der Waals surface area contributed by atoms with Crippen LogP contribution in [0.3, 0.4) is 0 Å². The van der Waals surface area contributed by atoms with E-state index in [1.165, 1.54) is 4.57 Å². The number of nitrogens with one attached hydrogen (secondary N) is 1. The van der Waals surface area contributed by atoms with Crippen molar-refractivity contribution in [2.24, 2.45) is 10.7 Å². The summed E-state index contributed by atoms with van der Waals surface area (Å²) in [5.41, 5.74) is 18.8. The number of guanidine groups is 1. The quantitative estimate of drug-likeness (QED) is 0.0767. The van der Waals surface area contributed by atoms with Crippen LogP contribution in [-0.4, -0.2) is 51.8 Å². The molecule has 0 aliphatic rings. The van der Waals surface area contributed by atoms with E-state index in [0.717, 1.165) is 30.4 Å². The minimum atomic E-state index is -0.685. The number of nitrogens with two attached hydrogens (primary N) is 3.